The van der Waals surface area contributed by atoms with Gasteiger partial charge in [-0.2, -0.15) is 11.8 Å². The van der Waals surface area contributed by atoms with Gasteiger partial charge < -0.3 is 15.2 Å². The first-order valence-corrected chi connectivity index (χ1v) is 5.41. The predicted octanol–water partition coefficient (Wildman–Crippen LogP) is 0.336. The Labute approximate surface area is 78.9 Å². The quantitative estimate of drug-likeness (QED) is 0.545. The van der Waals surface area contributed by atoms with Gasteiger partial charge in [-0.3, -0.25) is 0 Å². The largest absolute Gasteiger partial charge is 0.396 e. The first-order valence-electron chi connectivity index (χ1n) is 4.26. The van der Waals surface area contributed by atoms with Crippen molar-refractivity contribution in [3.05, 3.63) is 0 Å². The van der Waals surface area contributed by atoms with Gasteiger partial charge in [-0.25, -0.2) is 0 Å². The van der Waals surface area contributed by atoms with Gasteiger partial charge in [-0.1, -0.05) is 6.92 Å². The number of ether oxygens (including phenoxy) is 1. The SMILES string of the molecule is CCNC(COC)CSCCO. The molecule has 4 heteroatoms. The van der Waals surface area contributed by atoms with Gasteiger partial charge in [0.2, 0.25) is 0 Å². The number of rotatable bonds is 8. The molecule has 0 rings (SSSR count). The molecule has 0 saturated carbocycles. The predicted molar refractivity (Wildman–Crippen MR) is 53.8 cm³/mol. The average Bonchev–Trinajstić information content (AvgIpc) is 2.06. The van der Waals surface area contributed by atoms with Crippen molar-refractivity contribution in [3.8, 4) is 0 Å². The summed E-state index contributed by atoms with van der Waals surface area (Å²) in [5.74, 6) is 1.81. The standard InChI is InChI=1S/C8H19NO2S/c1-3-9-8(6-11-2)7-12-5-4-10/h8-10H,3-7H2,1-2H3. The lowest BCUT2D eigenvalue weighted by Crippen LogP contribution is -2.35. The van der Waals surface area contributed by atoms with Crippen LogP contribution in [-0.4, -0.2) is 49.5 Å². The Balaban J connectivity index is 3.34. The van der Waals surface area contributed by atoms with Crippen molar-refractivity contribution in [2.45, 2.75) is 13.0 Å². The van der Waals surface area contributed by atoms with Crippen LogP contribution in [-0.2, 0) is 4.74 Å². The second kappa shape index (κ2) is 9.32. The molecule has 0 radical (unpaired) electrons. The third-order valence-electron chi connectivity index (χ3n) is 1.42. The molecule has 0 aliphatic carbocycles. The Bertz CT molecular complexity index is 87.1. The second-order valence-electron chi connectivity index (χ2n) is 2.51. The van der Waals surface area contributed by atoms with Gasteiger partial charge in [0.25, 0.3) is 0 Å². The van der Waals surface area contributed by atoms with Gasteiger partial charge in [0.15, 0.2) is 0 Å². The van der Waals surface area contributed by atoms with Crippen LogP contribution in [0.3, 0.4) is 0 Å². The zero-order chi connectivity index (χ0) is 9.23. The fraction of sp³-hybridized carbons (Fsp3) is 1.00. The normalized spacial score (nSPS) is 13.2. The van der Waals surface area contributed by atoms with Gasteiger partial charge in [0.1, 0.15) is 0 Å². The molecule has 1 atom stereocenters. The van der Waals surface area contributed by atoms with Crippen LogP contribution in [0.4, 0.5) is 0 Å². The average molecular weight is 193 g/mol. The zero-order valence-corrected chi connectivity index (χ0v) is 8.69. The van der Waals surface area contributed by atoms with Gasteiger partial charge in [0, 0.05) is 24.7 Å². The van der Waals surface area contributed by atoms with Crippen LogP contribution >= 0.6 is 11.8 Å². The lowest BCUT2D eigenvalue weighted by Gasteiger charge is -2.15. The molecule has 0 heterocycles. The number of thioether (sulfide) groups is 1. The van der Waals surface area contributed by atoms with Crippen molar-refractivity contribution in [2.24, 2.45) is 0 Å². The number of aliphatic hydroxyl groups excluding tert-OH is 1. The molecule has 0 amide bonds. The number of nitrogens with one attached hydrogen (secondary N) is 1. The molecule has 0 fully saturated rings. The lowest BCUT2D eigenvalue weighted by molar-refractivity contribution is 0.174. The van der Waals surface area contributed by atoms with E-state index in [1.165, 1.54) is 0 Å². The van der Waals surface area contributed by atoms with Crippen LogP contribution in [0.5, 0.6) is 0 Å². The van der Waals surface area contributed by atoms with Crippen molar-refractivity contribution < 1.29 is 9.84 Å². The molecule has 0 aromatic rings. The Kier molecular flexibility index (Phi) is 9.50. The fourth-order valence-electron chi connectivity index (χ4n) is 0.946. The molecule has 2 N–H and O–H groups in total. The van der Waals surface area contributed by atoms with Crippen molar-refractivity contribution >= 4 is 11.8 Å². The van der Waals surface area contributed by atoms with Gasteiger partial charge in [0.05, 0.1) is 13.2 Å². The van der Waals surface area contributed by atoms with Crippen LogP contribution in [0.2, 0.25) is 0 Å². The van der Waals surface area contributed by atoms with E-state index in [1.807, 2.05) is 0 Å². The van der Waals surface area contributed by atoms with E-state index in [1.54, 1.807) is 18.9 Å². The van der Waals surface area contributed by atoms with E-state index in [2.05, 4.69) is 12.2 Å². The maximum atomic E-state index is 8.57. The second-order valence-corrected chi connectivity index (χ2v) is 3.66. The summed E-state index contributed by atoms with van der Waals surface area (Å²) < 4.78 is 5.05. The molecule has 0 aromatic heterocycles. The summed E-state index contributed by atoms with van der Waals surface area (Å²) >= 11 is 1.75. The van der Waals surface area contributed by atoms with Crippen LogP contribution in [0.15, 0.2) is 0 Å². The molecule has 0 spiro atoms. The maximum Gasteiger partial charge on any atom is 0.0623 e. The molecule has 0 saturated heterocycles. The van der Waals surface area contributed by atoms with Gasteiger partial charge in [-0.05, 0) is 6.54 Å². The van der Waals surface area contributed by atoms with E-state index in [9.17, 15) is 0 Å². The Morgan fingerprint density at radius 1 is 1.58 bits per heavy atom. The Hall–Kier alpha value is 0.230. The van der Waals surface area contributed by atoms with E-state index in [-0.39, 0.29) is 6.61 Å². The summed E-state index contributed by atoms with van der Waals surface area (Å²) in [6.45, 7) is 4.05. The van der Waals surface area contributed by atoms with Crippen molar-refractivity contribution in [1.29, 1.82) is 0 Å². The van der Waals surface area contributed by atoms with Crippen molar-refractivity contribution in [3.63, 3.8) is 0 Å². The highest BCUT2D eigenvalue weighted by molar-refractivity contribution is 7.99. The van der Waals surface area contributed by atoms with Crippen molar-refractivity contribution in [1.82, 2.24) is 5.32 Å². The summed E-state index contributed by atoms with van der Waals surface area (Å²) in [4.78, 5) is 0. The Morgan fingerprint density at radius 3 is 2.83 bits per heavy atom. The molecule has 74 valence electrons. The third-order valence-corrected chi connectivity index (χ3v) is 2.52. The van der Waals surface area contributed by atoms with Crippen LogP contribution in [0.25, 0.3) is 0 Å². The number of likely N-dealkylation sites (N-methyl/N-ethyl adjacent to an activating group) is 1. The highest BCUT2D eigenvalue weighted by Gasteiger charge is 2.05. The summed E-state index contributed by atoms with van der Waals surface area (Å²) in [5.41, 5.74) is 0. The molecule has 12 heavy (non-hydrogen) atoms. The Morgan fingerprint density at radius 2 is 2.33 bits per heavy atom. The third kappa shape index (κ3) is 6.91. The molecule has 0 bridgehead atoms. The number of aliphatic hydroxyl groups is 1. The molecule has 3 nitrogen and oxygen atoms in total. The molecule has 0 aliphatic heterocycles. The van der Waals surface area contributed by atoms with E-state index >= 15 is 0 Å². The number of hydrogen-bond donors (Lipinski definition) is 2. The minimum absolute atomic E-state index is 0.260. The molecular formula is C8H19NO2S. The van der Waals surface area contributed by atoms with Gasteiger partial charge in [-0.15, -0.1) is 0 Å². The van der Waals surface area contributed by atoms with E-state index in [0.29, 0.717) is 6.04 Å². The molecule has 1 unspecified atom stereocenters. The van der Waals surface area contributed by atoms with Crippen LogP contribution < -0.4 is 5.32 Å². The van der Waals surface area contributed by atoms with Gasteiger partial charge >= 0.3 is 0 Å². The van der Waals surface area contributed by atoms with Crippen LogP contribution in [0.1, 0.15) is 6.92 Å². The maximum absolute atomic E-state index is 8.57. The monoisotopic (exact) mass is 193 g/mol. The number of methoxy groups -OCH3 is 1. The smallest absolute Gasteiger partial charge is 0.0623 e. The summed E-state index contributed by atoms with van der Waals surface area (Å²) in [6, 6.07) is 0.413. The van der Waals surface area contributed by atoms with E-state index in [0.717, 1.165) is 24.7 Å². The highest BCUT2D eigenvalue weighted by atomic mass is 32.2. The minimum atomic E-state index is 0.260. The molecule has 0 aliphatic rings. The summed E-state index contributed by atoms with van der Waals surface area (Å²) in [5, 5.41) is 11.9. The highest BCUT2D eigenvalue weighted by Crippen LogP contribution is 2.02. The van der Waals surface area contributed by atoms with E-state index < -0.39 is 0 Å². The lowest BCUT2D eigenvalue weighted by atomic mass is 10.3. The summed E-state index contributed by atoms with van der Waals surface area (Å²) in [7, 11) is 1.71. The first kappa shape index (κ1) is 12.2. The first-order chi connectivity index (χ1) is 5.85. The van der Waals surface area contributed by atoms with Crippen molar-refractivity contribution in [2.75, 3.05) is 38.4 Å². The van der Waals surface area contributed by atoms with E-state index in [4.69, 9.17) is 9.84 Å². The molecular weight excluding hydrogens is 174 g/mol. The summed E-state index contributed by atoms with van der Waals surface area (Å²) in [6.07, 6.45) is 0. The molecule has 0 aromatic carbocycles. The number of hydrogen-bond acceptors (Lipinski definition) is 4. The van der Waals surface area contributed by atoms with Crippen LogP contribution in [0, 0.1) is 0 Å². The fourth-order valence-corrected chi connectivity index (χ4v) is 1.74. The minimum Gasteiger partial charge on any atom is -0.396 e. The topological polar surface area (TPSA) is 41.5 Å². The zero-order valence-electron chi connectivity index (χ0n) is 7.88.